The first-order chi connectivity index (χ1) is 7.42. The van der Waals surface area contributed by atoms with E-state index in [1.54, 1.807) is 20.8 Å². The van der Waals surface area contributed by atoms with Crippen molar-refractivity contribution >= 4 is 13.7 Å². The van der Waals surface area contributed by atoms with Gasteiger partial charge in [0, 0.05) is 0 Å². The lowest BCUT2D eigenvalue weighted by Crippen LogP contribution is -2.39. The smallest absolute Gasteiger partial charge is 0.408 e. The number of amides is 1. The highest BCUT2D eigenvalue weighted by Gasteiger charge is 2.32. The number of nitrogens with one attached hydrogen (secondary N) is 1. The second kappa shape index (κ2) is 5.85. The molecule has 0 bridgehead atoms. The molecule has 1 amide bonds. The Kier molecular flexibility index (Phi) is 5.65. The highest BCUT2D eigenvalue weighted by Crippen LogP contribution is 2.42. The van der Waals surface area contributed by atoms with Gasteiger partial charge < -0.3 is 19.8 Å². The topological polar surface area (TPSA) is 95.9 Å². The Labute approximate surface area is 102 Å². The normalized spacial score (nSPS) is 14.6. The van der Waals surface area contributed by atoms with Crippen molar-refractivity contribution in [3.05, 3.63) is 0 Å². The third kappa shape index (κ3) is 8.18. The lowest BCUT2D eigenvalue weighted by molar-refractivity contribution is 0.0509. The molecule has 0 saturated carbocycles. The van der Waals surface area contributed by atoms with Gasteiger partial charge in [-0.05, 0) is 33.1 Å². The molecule has 0 fully saturated rings. The summed E-state index contributed by atoms with van der Waals surface area (Å²) in [5, 5.41) is 2.22. The average molecular weight is 267 g/mol. The average Bonchev–Trinajstić information content (AvgIpc) is 1.95. The van der Waals surface area contributed by atoms with Crippen molar-refractivity contribution < 1.29 is 23.9 Å². The summed E-state index contributed by atoms with van der Waals surface area (Å²) in [4.78, 5) is 29.6. The van der Waals surface area contributed by atoms with Crippen molar-refractivity contribution in [2.75, 3.05) is 0 Å². The number of hydrogen-bond donors (Lipinski definition) is 3. The minimum Gasteiger partial charge on any atom is -0.444 e. The molecular weight excluding hydrogens is 245 g/mol. The molecule has 0 aliphatic rings. The van der Waals surface area contributed by atoms with Crippen LogP contribution in [0.15, 0.2) is 0 Å². The summed E-state index contributed by atoms with van der Waals surface area (Å²) in [5.41, 5.74) is -0.693. The van der Waals surface area contributed by atoms with E-state index in [4.69, 9.17) is 14.5 Å². The lowest BCUT2D eigenvalue weighted by Gasteiger charge is -2.25. The molecule has 0 saturated heterocycles. The largest absolute Gasteiger partial charge is 0.444 e. The molecule has 1 unspecified atom stereocenters. The van der Waals surface area contributed by atoms with Gasteiger partial charge in [-0.3, -0.25) is 4.57 Å². The van der Waals surface area contributed by atoms with Crippen LogP contribution in [0, 0.1) is 5.92 Å². The molecule has 0 rings (SSSR count). The second-order valence-corrected chi connectivity index (χ2v) is 7.18. The van der Waals surface area contributed by atoms with E-state index in [2.05, 4.69) is 5.32 Å². The number of alkyl carbamates (subject to hydrolysis) is 1. The number of carbonyl (C=O) groups excluding carboxylic acids is 1. The van der Waals surface area contributed by atoms with E-state index in [-0.39, 0.29) is 12.3 Å². The predicted molar refractivity (Wildman–Crippen MR) is 64.7 cm³/mol. The zero-order valence-electron chi connectivity index (χ0n) is 10.9. The molecule has 0 aromatic heterocycles. The maximum Gasteiger partial charge on any atom is 0.408 e. The van der Waals surface area contributed by atoms with Gasteiger partial charge in [0.25, 0.3) is 0 Å². The highest BCUT2D eigenvalue weighted by atomic mass is 31.2. The van der Waals surface area contributed by atoms with Crippen LogP contribution < -0.4 is 5.32 Å². The van der Waals surface area contributed by atoms with Gasteiger partial charge in [0.15, 0.2) is 0 Å². The third-order valence-electron chi connectivity index (χ3n) is 1.78. The molecule has 3 N–H and O–H groups in total. The first-order valence-electron chi connectivity index (χ1n) is 5.46. The van der Waals surface area contributed by atoms with Crippen LogP contribution >= 0.6 is 7.60 Å². The standard InChI is InChI=1S/C10H22NO5P/c1-7(2)6-8(17(13,14)15)11-9(12)16-10(3,4)5/h7-8H,6H2,1-5H3,(H,11,12)(H2,13,14,15). The Bertz CT molecular complexity index is 304. The van der Waals surface area contributed by atoms with Crippen molar-refractivity contribution in [2.45, 2.75) is 52.4 Å². The summed E-state index contributed by atoms with van der Waals surface area (Å²) in [5.74, 6) is -1.14. The van der Waals surface area contributed by atoms with E-state index < -0.39 is 25.1 Å². The van der Waals surface area contributed by atoms with E-state index >= 15 is 0 Å². The van der Waals surface area contributed by atoms with E-state index in [1.165, 1.54) is 0 Å². The quantitative estimate of drug-likeness (QED) is 0.677. The second-order valence-electron chi connectivity index (χ2n) is 5.38. The van der Waals surface area contributed by atoms with Gasteiger partial charge in [-0.15, -0.1) is 0 Å². The number of hydrogen-bond acceptors (Lipinski definition) is 3. The van der Waals surface area contributed by atoms with Crippen molar-refractivity contribution in [1.82, 2.24) is 5.32 Å². The van der Waals surface area contributed by atoms with Gasteiger partial charge in [0.2, 0.25) is 0 Å². The van der Waals surface area contributed by atoms with Crippen LogP contribution in [-0.2, 0) is 9.30 Å². The van der Waals surface area contributed by atoms with Gasteiger partial charge in [-0.2, -0.15) is 0 Å². The molecule has 0 radical (unpaired) electrons. The summed E-state index contributed by atoms with van der Waals surface area (Å²) >= 11 is 0. The number of carbonyl (C=O) groups is 1. The molecule has 7 heteroatoms. The monoisotopic (exact) mass is 267 g/mol. The first-order valence-corrected chi connectivity index (χ1v) is 7.14. The Morgan fingerprint density at radius 1 is 1.35 bits per heavy atom. The zero-order chi connectivity index (χ0) is 13.9. The van der Waals surface area contributed by atoms with Crippen molar-refractivity contribution in [3.8, 4) is 0 Å². The fourth-order valence-corrected chi connectivity index (χ4v) is 2.14. The molecule has 0 aliphatic heterocycles. The molecule has 1 atom stereocenters. The molecule has 0 heterocycles. The van der Waals surface area contributed by atoms with Crippen LogP contribution in [0.4, 0.5) is 4.79 Å². The minimum absolute atomic E-state index is 0.0579. The van der Waals surface area contributed by atoms with Crippen molar-refractivity contribution in [2.24, 2.45) is 5.92 Å². The van der Waals surface area contributed by atoms with E-state index in [0.29, 0.717) is 0 Å². The van der Waals surface area contributed by atoms with Gasteiger partial charge in [0.05, 0.1) is 0 Å². The van der Waals surface area contributed by atoms with Crippen LogP contribution in [-0.4, -0.2) is 27.3 Å². The Morgan fingerprint density at radius 3 is 2.12 bits per heavy atom. The maximum absolute atomic E-state index is 11.4. The summed E-state index contributed by atoms with van der Waals surface area (Å²) < 4.78 is 16.1. The van der Waals surface area contributed by atoms with Crippen LogP contribution in [0.5, 0.6) is 0 Å². The fraction of sp³-hybridized carbons (Fsp3) is 0.900. The Balaban J connectivity index is 4.56. The van der Waals surface area contributed by atoms with Crippen LogP contribution in [0.2, 0.25) is 0 Å². The molecule has 0 aromatic carbocycles. The molecule has 0 spiro atoms. The zero-order valence-corrected chi connectivity index (χ0v) is 11.8. The summed E-state index contributed by atoms with van der Waals surface area (Å²) in [6.07, 6.45) is -0.616. The lowest BCUT2D eigenvalue weighted by atomic mass is 10.1. The van der Waals surface area contributed by atoms with Crippen molar-refractivity contribution in [3.63, 3.8) is 0 Å². The van der Waals surface area contributed by atoms with Gasteiger partial charge in [-0.1, -0.05) is 13.8 Å². The van der Waals surface area contributed by atoms with Crippen molar-refractivity contribution in [1.29, 1.82) is 0 Å². The molecule has 17 heavy (non-hydrogen) atoms. The van der Waals surface area contributed by atoms with E-state index in [9.17, 15) is 9.36 Å². The Hall–Kier alpha value is -0.580. The fourth-order valence-electron chi connectivity index (χ4n) is 1.17. The summed E-state index contributed by atoms with van der Waals surface area (Å²) in [6, 6.07) is 0. The Morgan fingerprint density at radius 2 is 1.82 bits per heavy atom. The molecule has 102 valence electrons. The summed E-state index contributed by atoms with van der Waals surface area (Å²) in [7, 11) is -4.36. The van der Waals surface area contributed by atoms with Crippen LogP contribution in [0.25, 0.3) is 0 Å². The third-order valence-corrected chi connectivity index (χ3v) is 2.94. The van der Waals surface area contributed by atoms with Gasteiger partial charge in [-0.25, -0.2) is 4.79 Å². The first kappa shape index (κ1) is 16.4. The number of ether oxygens (including phenoxy) is 1. The van der Waals surface area contributed by atoms with Crippen LogP contribution in [0.3, 0.4) is 0 Å². The maximum atomic E-state index is 11.4. The number of rotatable bonds is 4. The summed E-state index contributed by atoms with van der Waals surface area (Å²) in [6.45, 7) is 8.68. The molecule has 0 aromatic rings. The van der Waals surface area contributed by atoms with E-state index in [0.717, 1.165) is 0 Å². The highest BCUT2D eigenvalue weighted by molar-refractivity contribution is 7.52. The van der Waals surface area contributed by atoms with Gasteiger partial charge in [0.1, 0.15) is 11.4 Å². The molecule has 6 nitrogen and oxygen atoms in total. The molecular formula is C10H22NO5P. The molecule has 0 aliphatic carbocycles. The van der Waals surface area contributed by atoms with E-state index in [1.807, 2.05) is 13.8 Å². The predicted octanol–water partition coefficient (Wildman–Crippen LogP) is 2.06. The van der Waals surface area contributed by atoms with Crippen LogP contribution in [0.1, 0.15) is 41.0 Å². The minimum atomic E-state index is -4.36. The van der Waals surface area contributed by atoms with Gasteiger partial charge >= 0.3 is 13.7 Å². The SMILES string of the molecule is CC(C)CC(NC(=O)OC(C)(C)C)P(=O)(O)O.